The normalized spacial score (nSPS) is 19.3. The first-order chi connectivity index (χ1) is 11.0. The first-order valence-corrected chi connectivity index (χ1v) is 7.97. The molecule has 0 radical (unpaired) electrons. The molecule has 0 saturated carbocycles. The van der Waals surface area contributed by atoms with Gasteiger partial charge in [0.1, 0.15) is 12.4 Å². The molecule has 1 aliphatic heterocycles. The van der Waals surface area contributed by atoms with E-state index in [1.54, 1.807) is 0 Å². The molecule has 0 atom stereocenters. The molecule has 124 valence electrons. The van der Waals surface area contributed by atoms with Crippen LogP contribution < -0.4 is 4.74 Å². The van der Waals surface area contributed by atoms with Crippen LogP contribution >= 0.6 is 0 Å². The number of rotatable bonds is 4. The van der Waals surface area contributed by atoms with E-state index in [1.165, 1.54) is 16.0 Å². The third kappa shape index (κ3) is 3.03. The number of fused-ring (bicyclic) bond motifs is 1. The van der Waals surface area contributed by atoms with Crippen molar-refractivity contribution in [3.63, 3.8) is 0 Å². The number of ether oxygens (including phenoxy) is 1. The number of carboxylic acid groups (broad SMARTS) is 1. The number of benzene rings is 1. The average Bonchev–Trinajstić information content (AvgIpc) is 3.02. The highest BCUT2D eigenvalue weighted by Crippen LogP contribution is 2.32. The minimum Gasteiger partial charge on any atom is -0.478 e. The zero-order valence-corrected chi connectivity index (χ0v) is 13.0. The number of hydrogen-bond donors (Lipinski definition) is 2. The van der Waals surface area contributed by atoms with E-state index in [1.807, 2.05) is 18.2 Å². The summed E-state index contributed by atoms with van der Waals surface area (Å²) in [6, 6.07) is 5.79. The molecular formula is C17H21NO5. The van der Waals surface area contributed by atoms with Crippen LogP contribution in [0.15, 0.2) is 18.2 Å². The van der Waals surface area contributed by atoms with Crippen LogP contribution in [0, 0.1) is 0 Å². The van der Waals surface area contributed by atoms with Crippen molar-refractivity contribution in [1.29, 1.82) is 0 Å². The molecule has 1 amide bonds. The number of piperidine rings is 1. The molecule has 2 aliphatic rings. The smallest absolute Gasteiger partial charge is 0.348 e. The predicted molar refractivity (Wildman–Crippen MR) is 82.4 cm³/mol. The third-order valence-corrected chi connectivity index (χ3v) is 4.83. The second-order valence-electron chi connectivity index (χ2n) is 6.22. The van der Waals surface area contributed by atoms with Gasteiger partial charge in [0, 0.05) is 25.9 Å². The van der Waals surface area contributed by atoms with Crippen LogP contribution in [0.1, 0.15) is 30.4 Å². The zero-order chi connectivity index (χ0) is 16.4. The third-order valence-electron chi connectivity index (χ3n) is 4.83. The number of amides is 1. The van der Waals surface area contributed by atoms with Gasteiger partial charge in [0.25, 0.3) is 0 Å². The van der Waals surface area contributed by atoms with Gasteiger partial charge in [-0.15, -0.1) is 0 Å². The van der Waals surface area contributed by atoms with E-state index in [0.29, 0.717) is 5.75 Å². The summed E-state index contributed by atoms with van der Waals surface area (Å²) >= 11 is 0. The van der Waals surface area contributed by atoms with Crippen molar-refractivity contribution in [3.05, 3.63) is 29.3 Å². The molecule has 0 unspecified atom stereocenters. The highest BCUT2D eigenvalue weighted by Gasteiger charge is 2.45. The molecule has 2 N–H and O–H groups in total. The molecule has 0 bridgehead atoms. The van der Waals surface area contributed by atoms with Gasteiger partial charge in [0.15, 0.2) is 0 Å². The van der Waals surface area contributed by atoms with Crippen molar-refractivity contribution in [2.45, 2.75) is 37.7 Å². The molecule has 1 fully saturated rings. The van der Waals surface area contributed by atoms with Crippen molar-refractivity contribution in [1.82, 2.24) is 4.90 Å². The molecule has 3 rings (SSSR count). The second-order valence-corrected chi connectivity index (χ2v) is 6.22. The van der Waals surface area contributed by atoms with Gasteiger partial charge in [-0.1, -0.05) is 6.07 Å². The summed E-state index contributed by atoms with van der Waals surface area (Å²) in [4.78, 5) is 24.8. The SMILES string of the molecule is O=C(CO)N1CCC(Oc2ccc3c(c2)CCC3)(C(=O)O)CC1. The Balaban J connectivity index is 1.75. The molecule has 6 nitrogen and oxygen atoms in total. The Bertz CT molecular complexity index is 619. The molecular weight excluding hydrogens is 298 g/mol. The Labute approximate surface area is 134 Å². The Morgan fingerprint density at radius 1 is 1.17 bits per heavy atom. The van der Waals surface area contributed by atoms with Crippen molar-refractivity contribution < 1.29 is 24.5 Å². The van der Waals surface area contributed by atoms with Crippen LogP contribution in [-0.2, 0) is 22.4 Å². The van der Waals surface area contributed by atoms with Crippen molar-refractivity contribution >= 4 is 11.9 Å². The van der Waals surface area contributed by atoms with Crippen molar-refractivity contribution in [3.8, 4) is 5.75 Å². The number of hydrogen-bond acceptors (Lipinski definition) is 4. The second kappa shape index (κ2) is 6.20. The molecule has 6 heteroatoms. The maximum Gasteiger partial charge on any atom is 0.348 e. The maximum absolute atomic E-state index is 11.8. The van der Waals surface area contributed by atoms with Crippen molar-refractivity contribution in [2.24, 2.45) is 0 Å². The summed E-state index contributed by atoms with van der Waals surface area (Å²) in [6.45, 7) is -0.000973. The first kappa shape index (κ1) is 15.8. The fraction of sp³-hybridized carbons (Fsp3) is 0.529. The van der Waals surface area contributed by atoms with E-state index < -0.39 is 18.2 Å². The summed E-state index contributed by atoms with van der Waals surface area (Å²) < 4.78 is 5.89. The highest BCUT2D eigenvalue weighted by molar-refractivity contribution is 5.80. The van der Waals surface area contributed by atoms with Gasteiger partial charge in [0.2, 0.25) is 11.5 Å². The number of aliphatic carboxylic acids is 1. The van der Waals surface area contributed by atoms with Gasteiger partial charge in [-0.3, -0.25) is 4.79 Å². The molecule has 1 aromatic rings. The van der Waals surface area contributed by atoms with Crippen LogP contribution in [0.2, 0.25) is 0 Å². The first-order valence-electron chi connectivity index (χ1n) is 7.97. The fourth-order valence-corrected chi connectivity index (χ4v) is 3.41. The number of aryl methyl sites for hydroxylation is 2. The number of aliphatic hydroxyl groups is 1. The molecule has 1 aliphatic carbocycles. The van der Waals surface area contributed by atoms with E-state index in [4.69, 9.17) is 9.84 Å². The molecule has 1 aromatic carbocycles. The van der Waals surface area contributed by atoms with E-state index >= 15 is 0 Å². The number of carboxylic acids is 1. The number of aliphatic hydroxyl groups excluding tert-OH is 1. The Morgan fingerprint density at radius 2 is 1.87 bits per heavy atom. The minimum absolute atomic E-state index is 0.213. The maximum atomic E-state index is 11.8. The van der Waals surface area contributed by atoms with Crippen LogP contribution in [0.5, 0.6) is 5.75 Å². The topological polar surface area (TPSA) is 87.1 Å². The van der Waals surface area contributed by atoms with Gasteiger partial charge in [-0.05, 0) is 42.5 Å². The lowest BCUT2D eigenvalue weighted by atomic mass is 9.91. The van der Waals surface area contributed by atoms with Crippen LogP contribution in [-0.4, -0.2) is 52.3 Å². The zero-order valence-electron chi connectivity index (χ0n) is 13.0. The van der Waals surface area contributed by atoms with Gasteiger partial charge in [-0.2, -0.15) is 0 Å². The lowest BCUT2D eigenvalue weighted by Crippen LogP contribution is -2.54. The quantitative estimate of drug-likeness (QED) is 0.864. The largest absolute Gasteiger partial charge is 0.478 e. The lowest BCUT2D eigenvalue weighted by Gasteiger charge is -2.38. The number of nitrogens with zero attached hydrogens (tertiary/aromatic N) is 1. The minimum atomic E-state index is -1.31. The Hall–Kier alpha value is -2.08. The standard InChI is InChI=1S/C17H21NO5/c19-11-15(20)18-8-6-17(7-9-18,16(21)22)23-14-5-4-12-2-1-3-13(12)10-14/h4-5,10,19H,1-3,6-9,11H2,(H,21,22). The van der Waals surface area contributed by atoms with E-state index in [0.717, 1.165) is 19.3 Å². The molecule has 23 heavy (non-hydrogen) atoms. The molecule has 0 spiro atoms. The Morgan fingerprint density at radius 3 is 2.52 bits per heavy atom. The lowest BCUT2D eigenvalue weighted by molar-refractivity contribution is -0.162. The van der Waals surface area contributed by atoms with E-state index in [9.17, 15) is 14.7 Å². The average molecular weight is 319 g/mol. The summed E-state index contributed by atoms with van der Waals surface area (Å²) in [6.07, 6.45) is 3.63. The monoisotopic (exact) mass is 319 g/mol. The number of carbonyl (C=O) groups excluding carboxylic acids is 1. The van der Waals surface area contributed by atoms with Gasteiger partial charge in [0.05, 0.1) is 0 Å². The summed E-state index contributed by atoms with van der Waals surface area (Å²) in [5, 5.41) is 18.6. The number of carbonyl (C=O) groups is 2. The predicted octanol–water partition coefficient (Wildman–Crippen LogP) is 0.992. The Kier molecular flexibility index (Phi) is 4.26. The van der Waals surface area contributed by atoms with Gasteiger partial charge in [-0.25, -0.2) is 4.79 Å². The van der Waals surface area contributed by atoms with Crippen LogP contribution in [0.4, 0.5) is 0 Å². The van der Waals surface area contributed by atoms with Crippen LogP contribution in [0.3, 0.4) is 0 Å². The summed E-state index contributed by atoms with van der Waals surface area (Å²) in [7, 11) is 0. The van der Waals surface area contributed by atoms with E-state index in [2.05, 4.69) is 0 Å². The van der Waals surface area contributed by atoms with Crippen molar-refractivity contribution in [2.75, 3.05) is 19.7 Å². The highest BCUT2D eigenvalue weighted by atomic mass is 16.5. The number of likely N-dealkylation sites (tertiary alicyclic amines) is 1. The van der Waals surface area contributed by atoms with Gasteiger partial charge < -0.3 is 19.8 Å². The molecule has 1 saturated heterocycles. The van der Waals surface area contributed by atoms with Crippen LogP contribution in [0.25, 0.3) is 0 Å². The molecule has 1 heterocycles. The van der Waals surface area contributed by atoms with Gasteiger partial charge >= 0.3 is 5.97 Å². The fourth-order valence-electron chi connectivity index (χ4n) is 3.41. The summed E-state index contributed by atoms with van der Waals surface area (Å²) in [5.41, 5.74) is 1.24. The summed E-state index contributed by atoms with van der Waals surface area (Å²) in [5.74, 6) is -0.800. The molecule has 0 aromatic heterocycles. The van der Waals surface area contributed by atoms with E-state index in [-0.39, 0.29) is 31.8 Å².